The normalized spacial score (nSPS) is 11.6. The lowest BCUT2D eigenvalue weighted by Crippen LogP contribution is -2.00. The van der Waals surface area contributed by atoms with Gasteiger partial charge in [-0.2, -0.15) is 8.42 Å². The molecule has 1 rings (SSSR count). The van der Waals surface area contributed by atoms with Gasteiger partial charge >= 0.3 is 0 Å². The van der Waals surface area contributed by atoms with E-state index >= 15 is 0 Å². The summed E-state index contributed by atoms with van der Waals surface area (Å²) in [6.07, 6.45) is 0. The molecule has 1 radical (unpaired) electrons. The standard InChI is InChI=1S/C8H9O3S/c1-6-3-4-8(7(2)5-6)12(9,10)11/h4-5H,1-2H3,(H,9,10,11). The quantitative estimate of drug-likeness (QED) is 0.672. The van der Waals surface area contributed by atoms with Crippen LogP contribution in [0.4, 0.5) is 0 Å². The minimum atomic E-state index is -4.08. The van der Waals surface area contributed by atoms with E-state index in [0.717, 1.165) is 5.56 Å². The fourth-order valence-electron chi connectivity index (χ4n) is 1.01. The van der Waals surface area contributed by atoms with Gasteiger partial charge in [0, 0.05) is 0 Å². The first-order chi connectivity index (χ1) is 5.41. The average Bonchev–Trinajstić information content (AvgIpc) is 1.83. The summed E-state index contributed by atoms with van der Waals surface area (Å²) in [6, 6.07) is 5.64. The Morgan fingerprint density at radius 1 is 1.42 bits per heavy atom. The van der Waals surface area contributed by atoms with Crippen LogP contribution in [0.5, 0.6) is 0 Å². The number of benzene rings is 1. The molecule has 1 N–H and O–H groups in total. The summed E-state index contributed by atoms with van der Waals surface area (Å²) in [5.74, 6) is 0. The Hall–Kier alpha value is -0.870. The zero-order valence-electron chi connectivity index (χ0n) is 6.83. The molecule has 0 atom stereocenters. The molecule has 0 unspecified atom stereocenters. The van der Waals surface area contributed by atoms with Gasteiger partial charge in [0.05, 0.1) is 4.90 Å². The third-order valence-electron chi connectivity index (χ3n) is 1.53. The molecule has 0 spiro atoms. The van der Waals surface area contributed by atoms with E-state index in [0.29, 0.717) is 5.56 Å². The summed E-state index contributed by atoms with van der Waals surface area (Å²) in [5.41, 5.74) is 1.38. The Morgan fingerprint density at radius 3 is 2.42 bits per heavy atom. The van der Waals surface area contributed by atoms with Crippen molar-refractivity contribution in [3.05, 3.63) is 29.3 Å². The van der Waals surface area contributed by atoms with E-state index < -0.39 is 10.1 Å². The molecule has 0 aliphatic carbocycles. The molecule has 0 fully saturated rings. The van der Waals surface area contributed by atoms with Crippen molar-refractivity contribution < 1.29 is 13.0 Å². The zero-order valence-corrected chi connectivity index (χ0v) is 7.64. The Labute approximate surface area is 71.8 Å². The molecular formula is C8H9O3S. The molecule has 0 saturated heterocycles. The number of aryl methyl sites for hydroxylation is 2. The van der Waals surface area contributed by atoms with Crippen LogP contribution in [-0.4, -0.2) is 13.0 Å². The molecule has 12 heavy (non-hydrogen) atoms. The summed E-state index contributed by atoms with van der Waals surface area (Å²) >= 11 is 0. The van der Waals surface area contributed by atoms with Crippen molar-refractivity contribution >= 4 is 10.1 Å². The van der Waals surface area contributed by atoms with Gasteiger partial charge in [-0.25, -0.2) is 0 Å². The van der Waals surface area contributed by atoms with Crippen LogP contribution >= 0.6 is 0 Å². The number of hydrogen-bond donors (Lipinski definition) is 1. The molecular weight excluding hydrogens is 176 g/mol. The second-order valence-electron chi connectivity index (χ2n) is 2.64. The van der Waals surface area contributed by atoms with Gasteiger partial charge in [-0.3, -0.25) is 4.55 Å². The van der Waals surface area contributed by atoms with Crippen LogP contribution in [0, 0.1) is 19.9 Å². The Morgan fingerprint density at radius 2 is 2.00 bits per heavy atom. The minimum Gasteiger partial charge on any atom is -0.282 e. The van der Waals surface area contributed by atoms with Crippen molar-refractivity contribution in [1.29, 1.82) is 0 Å². The van der Waals surface area contributed by atoms with Crippen LogP contribution in [-0.2, 0) is 10.1 Å². The Bertz CT molecular complexity index is 393. The Kier molecular flexibility index (Phi) is 2.21. The van der Waals surface area contributed by atoms with Gasteiger partial charge in [0.25, 0.3) is 10.1 Å². The molecule has 1 aromatic carbocycles. The lowest BCUT2D eigenvalue weighted by atomic mass is 10.2. The monoisotopic (exact) mass is 185 g/mol. The highest BCUT2D eigenvalue weighted by Crippen LogP contribution is 2.14. The molecule has 4 heteroatoms. The van der Waals surface area contributed by atoms with E-state index in [2.05, 4.69) is 6.07 Å². The van der Waals surface area contributed by atoms with Gasteiger partial charge in [0.2, 0.25) is 0 Å². The highest BCUT2D eigenvalue weighted by Gasteiger charge is 2.11. The maximum absolute atomic E-state index is 10.7. The summed E-state index contributed by atoms with van der Waals surface area (Å²) < 4.78 is 30.1. The van der Waals surface area contributed by atoms with E-state index in [1.165, 1.54) is 6.07 Å². The van der Waals surface area contributed by atoms with Gasteiger partial charge in [-0.05, 0) is 37.1 Å². The molecule has 0 aliphatic heterocycles. The van der Waals surface area contributed by atoms with Crippen LogP contribution in [0.3, 0.4) is 0 Å². The van der Waals surface area contributed by atoms with Crippen molar-refractivity contribution in [1.82, 2.24) is 0 Å². The zero-order chi connectivity index (χ0) is 9.35. The average molecular weight is 185 g/mol. The van der Waals surface area contributed by atoms with Gasteiger partial charge in [-0.15, -0.1) is 0 Å². The first-order valence-corrected chi connectivity index (χ1v) is 4.81. The van der Waals surface area contributed by atoms with Crippen LogP contribution in [0.15, 0.2) is 17.0 Å². The lowest BCUT2D eigenvalue weighted by Gasteiger charge is -2.01. The van der Waals surface area contributed by atoms with Gasteiger partial charge in [0.1, 0.15) is 0 Å². The molecule has 3 nitrogen and oxygen atoms in total. The highest BCUT2D eigenvalue weighted by molar-refractivity contribution is 7.85. The smallest absolute Gasteiger partial charge is 0.282 e. The van der Waals surface area contributed by atoms with Crippen LogP contribution < -0.4 is 0 Å². The molecule has 0 aromatic heterocycles. The molecule has 0 saturated carbocycles. The summed E-state index contributed by atoms with van der Waals surface area (Å²) in [4.78, 5) is -0.0758. The molecule has 0 amide bonds. The highest BCUT2D eigenvalue weighted by atomic mass is 32.2. The number of hydrogen-bond acceptors (Lipinski definition) is 2. The Balaban J connectivity index is 3.39. The summed E-state index contributed by atoms with van der Waals surface area (Å²) in [5, 5.41) is 0. The van der Waals surface area contributed by atoms with Crippen molar-refractivity contribution in [3.8, 4) is 0 Å². The molecule has 0 bridgehead atoms. The largest absolute Gasteiger partial charge is 0.294 e. The van der Waals surface area contributed by atoms with E-state index in [1.807, 2.05) is 0 Å². The van der Waals surface area contributed by atoms with Crippen molar-refractivity contribution in [2.24, 2.45) is 0 Å². The van der Waals surface area contributed by atoms with Crippen molar-refractivity contribution in [3.63, 3.8) is 0 Å². The maximum atomic E-state index is 10.7. The predicted molar refractivity (Wildman–Crippen MR) is 44.6 cm³/mol. The molecule has 65 valence electrons. The summed E-state index contributed by atoms with van der Waals surface area (Å²) in [7, 11) is -4.08. The lowest BCUT2D eigenvalue weighted by molar-refractivity contribution is 0.482. The molecule has 0 heterocycles. The van der Waals surface area contributed by atoms with Crippen molar-refractivity contribution in [2.45, 2.75) is 18.7 Å². The molecule has 0 aliphatic rings. The van der Waals surface area contributed by atoms with Gasteiger partial charge in [0.15, 0.2) is 0 Å². The minimum absolute atomic E-state index is 0.0758. The fraction of sp³-hybridized carbons (Fsp3) is 0.250. The van der Waals surface area contributed by atoms with Crippen LogP contribution in [0.2, 0.25) is 0 Å². The predicted octanol–water partition coefficient (Wildman–Crippen LogP) is 1.35. The number of rotatable bonds is 1. The van der Waals surface area contributed by atoms with Gasteiger partial charge < -0.3 is 0 Å². The van der Waals surface area contributed by atoms with Crippen LogP contribution in [0.1, 0.15) is 11.1 Å². The van der Waals surface area contributed by atoms with E-state index in [4.69, 9.17) is 4.55 Å². The first kappa shape index (κ1) is 9.22. The topological polar surface area (TPSA) is 54.4 Å². The fourth-order valence-corrected chi connectivity index (χ4v) is 1.68. The van der Waals surface area contributed by atoms with Gasteiger partial charge in [-0.1, -0.05) is 6.07 Å². The summed E-state index contributed by atoms with van der Waals surface area (Å²) in [6.45, 7) is 3.44. The first-order valence-electron chi connectivity index (χ1n) is 3.37. The molecule has 1 aromatic rings. The van der Waals surface area contributed by atoms with Crippen LogP contribution in [0.25, 0.3) is 0 Å². The second kappa shape index (κ2) is 2.88. The third kappa shape index (κ3) is 1.84. The maximum Gasteiger partial charge on any atom is 0.294 e. The van der Waals surface area contributed by atoms with E-state index in [1.54, 1.807) is 19.9 Å². The SMILES string of the molecule is Cc1[c]cc(S(=O)(=O)O)c(C)c1. The van der Waals surface area contributed by atoms with E-state index in [9.17, 15) is 8.42 Å². The van der Waals surface area contributed by atoms with E-state index in [-0.39, 0.29) is 4.90 Å². The van der Waals surface area contributed by atoms with Crippen molar-refractivity contribution in [2.75, 3.05) is 0 Å². The second-order valence-corrected chi connectivity index (χ2v) is 4.03. The third-order valence-corrected chi connectivity index (χ3v) is 2.53.